The van der Waals surface area contributed by atoms with Crippen LogP contribution in [0.3, 0.4) is 0 Å². The van der Waals surface area contributed by atoms with E-state index in [0.717, 1.165) is 12.0 Å². The number of esters is 1. The lowest BCUT2D eigenvalue weighted by molar-refractivity contribution is -0.158. The number of hydrogen-bond donors (Lipinski definition) is 0. The van der Waals surface area contributed by atoms with Gasteiger partial charge in [0.25, 0.3) is 5.89 Å². The molecule has 0 spiro atoms. The summed E-state index contributed by atoms with van der Waals surface area (Å²) >= 11 is 5.84. The maximum Gasteiger partial charge on any atom is 0.335 e. The number of aromatic nitrogens is 2. The van der Waals surface area contributed by atoms with Crippen molar-refractivity contribution in [2.24, 2.45) is 5.92 Å². The lowest BCUT2D eigenvalue weighted by atomic mass is 10.1. The van der Waals surface area contributed by atoms with Crippen molar-refractivity contribution in [3.05, 3.63) is 35.2 Å². The largest absolute Gasteiger partial charge is 0.454 e. The second-order valence-electron chi connectivity index (χ2n) is 5.82. The second-order valence-corrected chi connectivity index (χ2v) is 6.26. The van der Waals surface area contributed by atoms with Gasteiger partial charge in [-0.3, -0.25) is 0 Å². The molecule has 1 aromatic heterocycles. The number of nitrogens with zero attached hydrogens (tertiary/aromatic N) is 2. The Morgan fingerprint density at radius 1 is 1.25 bits per heavy atom. The van der Waals surface area contributed by atoms with Crippen LogP contribution in [0.15, 0.2) is 28.8 Å². The van der Waals surface area contributed by atoms with Gasteiger partial charge in [-0.05, 0) is 43.5 Å². The summed E-state index contributed by atoms with van der Waals surface area (Å²) in [6, 6.07) is 7.05. The molecule has 6 nitrogen and oxygen atoms in total. The van der Waals surface area contributed by atoms with Crippen molar-refractivity contribution in [1.29, 1.82) is 0 Å². The molecule has 0 amide bonds. The molecule has 1 unspecified atom stereocenters. The van der Waals surface area contributed by atoms with E-state index in [1.165, 1.54) is 0 Å². The van der Waals surface area contributed by atoms with Crippen molar-refractivity contribution in [3.63, 3.8) is 0 Å². The van der Waals surface area contributed by atoms with Crippen LogP contribution in [0.25, 0.3) is 11.4 Å². The fourth-order valence-electron chi connectivity index (χ4n) is 1.83. The Kier molecular flexibility index (Phi) is 6.75. The summed E-state index contributed by atoms with van der Waals surface area (Å²) in [6.45, 7) is 6.29. The van der Waals surface area contributed by atoms with E-state index in [1.807, 2.05) is 0 Å². The molecule has 0 aliphatic carbocycles. The van der Waals surface area contributed by atoms with E-state index in [-0.39, 0.29) is 12.5 Å². The molecule has 2 rings (SSSR count). The maximum absolute atomic E-state index is 11.9. The average Bonchev–Trinajstić information content (AvgIpc) is 3.01. The molecular formula is C17H21ClN2O4. The van der Waals surface area contributed by atoms with E-state index >= 15 is 0 Å². The molecule has 0 aliphatic rings. The van der Waals surface area contributed by atoms with Gasteiger partial charge in [-0.25, -0.2) is 4.79 Å². The minimum absolute atomic E-state index is 0.0860. The minimum atomic E-state index is -0.623. The summed E-state index contributed by atoms with van der Waals surface area (Å²) in [5.74, 6) is 0.713. The SMILES string of the molecule is CC(C)CCOC(C)C(=O)OCc1nc(-c2ccc(Cl)cc2)no1. The van der Waals surface area contributed by atoms with E-state index in [4.69, 9.17) is 25.6 Å². The molecule has 24 heavy (non-hydrogen) atoms. The van der Waals surface area contributed by atoms with Gasteiger partial charge in [0.15, 0.2) is 12.7 Å². The molecule has 0 saturated heterocycles. The van der Waals surface area contributed by atoms with Crippen molar-refractivity contribution in [2.75, 3.05) is 6.61 Å². The minimum Gasteiger partial charge on any atom is -0.454 e. The van der Waals surface area contributed by atoms with Crippen LogP contribution in [-0.2, 0) is 20.9 Å². The van der Waals surface area contributed by atoms with Crippen LogP contribution in [0.1, 0.15) is 33.1 Å². The van der Waals surface area contributed by atoms with E-state index in [0.29, 0.717) is 23.4 Å². The van der Waals surface area contributed by atoms with Crippen molar-refractivity contribution in [3.8, 4) is 11.4 Å². The molecule has 1 aromatic carbocycles. The zero-order chi connectivity index (χ0) is 17.5. The van der Waals surface area contributed by atoms with Crippen molar-refractivity contribution in [2.45, 2.75) is 39.9 Å². The number of halogens is 1. The fraction of sp³-hybridized carbons (Fsp3) is 0.471. The molecule has 0 fully saturated rings. The Morgan fingerprint density at radius 2 is 1.96 bits per heavy atom. The first-order valence-corrected chi connectivity index (χ1v) is 8.20. The molecule has 0 N–H and O–H groups in total. The molecule has 1 atom stereocenters. The molecule has 0 radical (unpaired) electrons. The van der Waals surface area contributed by atoms with Gasteiger partial charge < -0.3 is 14.0 Å². The summed E-state index contributed by atoms with van der Waals surface area (Å²) in [7, 11) is 0. The maximum atomic E-state index is 11.9. The molecule has 130 valence electrons. The van der Waals surface area contributed by atoms with E-state index in [2.05, 4.69) is 24.0 Å². The lowest BCUT2D eigenvalue weighted by Gasteiger charge is -2.12. The summed E-state index contributed by atoms with van der Waals surface area (Å²) in [6.07, 6.45) is 0.272. The van der Waals surface area contributed by atoms with Gasteiger partial charge in [-0.15, -0.1) is 0 Å². The first kappa shape index (κ1) is 18.4. The third kappa shape index (κ3) is 5.62. The second kappa shape index (κ2) is 8.80. The fourth-order valence-corrected chi connectivity index (χ4v) is 1.95. The van der Waals surface area contributed by atoms with Gasteiger partial charge >= 0.3 is 5.97 Å². The summed E-state index contributed by atoms with van der Waals surface area (Å²) in [4.78, 5) is 16.0. The van der Waals surface area contributed by atoms with Gasteiger partial charge in [0.1, 0.15) is 0 Å². The van der Waals surface area contributed by atoms with Crippen molar-refractivity contribution in [1.82, 2.24) is 10.1 Å². The van der Waals surface area contributed by atoms with Crippen LogP contribution >= 0.6 is 11.6 Å². The predicted molar refractivity (Wildman–Crippen MR) is 89.4 cm³/mol. The molecular weight excluding hydrogens is 332 g/mol. The molecule has 1 heterocycles. The van der Waals surface area contributed by atoms with Crippen LogP contribution in [0.4, 0.5) is 0 Å². The number of carbonyl (C=O) groups is 1. The smallest absolute Gasteiger partial charge is 0.335 e. The Morgan fingerprint density at radius 3 is 2.62 bits per heavy atom. The van der Waals surface area contributed by atoms with Crippen molar-refractivity contribution < 1.29 is 18.8 Å². The lowest BCUT2D eigenvalue weighted by Crippen LogP contribution is -2.24. The topological polar surface area (TPSA) is 74.5 Å². The molecule has 7 heteroatoms. The number of benzene rings is 1. The predicted octanol–water partition coefficient (Wildman–Crippen LogP) is 3.88. The number of rotatable bonds is 8. The summed E-state index contributed by atoms with van der Waals surface area (Å²) in [5.41, 5.74) is 0.770. The number of carbonyl (C=O) groups excluding carboxylic acids is 1. The van der Waals surface area contributed by atoms with Crippen LogP contribution in [0.2, 0.25) is 5.02 Å². The Bertz CT molecular complexity index is 655. The average molecular weight is 353 g/mol. The number of ether oxygens (including phenoxy) is 2. The Labute approximate surface area is 146 Å². The van der Waals surface area contributed by atoms with E-state index < -0.39 is 12.1 Å². The monoisotopic (exact) mass is 352 g/mol. The first-order chi connectivity index (χ1) is 11.5. The van der Waals surface area contributed by atoms with Gasteiger partial charge in [0, 0.05) is 17.2 Å². The highest BCUT2D eigenvalue weighted by Gasteiger charge is 2.17. The van der Waals surface area contributed by atoms with Crippen LogP contribution in [0, 0.1) is 5.92 Å². The molecule has 0 bridgehead atoms. The zero-order valence-corrected chi connectivity index (χ0v) is 14.7. The van der Waals surface area contributed by atoms with Crippen LogP contribution in [0.5, 0.6) is 0 Å². The van der Waals surface area contributed by atoms with E-state index in [1.54, 1.807) is 31.2 Å². The molecule has 2 aromatic rings. The van der Waals surface area contributed by atoms with Gasteiger partial charge in [-0.1, -0.05) is 30.6 Å². The normalized spacial score (nSPS) is 12.4. The highest BCUT2D eigenvalue weighted by molar-refractivity contribution is 6.30. The quantitative estimate of drug-likeness (QED) is 0.671. The highest BCUT2D eigenvalue weighted by Crippen LogP contribution is 2.18. The van der Waals surface area contributed by atoms with Crippen molar-refractivity contribution >= 4 is 17.6 Å². The Balaban J connectivity index is 1.82. The third-order valence-electron chi connectivity index (χ3n) is 3.30. The van der Waals surface area contributed by atoms with Gasteiger partial charge in [0.05, 0.1) is 0 Å². The Hall–Kier alpha value is -1.92. The third-order valence-corrected chi connectivity index (χ3v) is 3.56. The number of hydrogen-bond acceptors (Lipinski definition) is 6. The van der Waals surface area contributed by atoms with Gasteiger partial charge in [0.2, 0.25) is 5.82 Å². The molecule has 0 aliphatic heterocycles. The van der Waals surface area contributed by atoms with Gasteiger partial charge in [-0.2, -0.15) is 4.98 Å². The molecule has 0 saturated carbocycles. The first-order valence-electron chi connectivity index (χ1n) is 7.82. The van der Waals surface area contributed by atoms with E-state index in [9.17, 15) is 4.79 Å². The standard InChI is InChI=1S/C17H21ClN2O4/c1-11(2)8-9-22-12(3)17(21)23-10-15-19-16(20-24-15)13-4-6-14(18)7-5-13/h4-7,11-12H,8-10H2,1-3H3. The van der Waals surface area contributed by atoms with Crippen LogP contribution < -0.4 is 0 Å². The highest BCUT2D eigenvalue weighted by atomic mass is 35.5. The summed E-state index contributed by atoms with van der Waals surface area (Å²) < 4.78 is 15.6. The van der Waals surface area contributed by atoms with Crippen LogP contribution in [-0.4, -0.2) is 28.8 Å². The summed E-state index contributed by atoms with van der Waals surface area (Å²) in [5, 5.41) is 4.48. The zero-order valence-electron chi connectivity index (χ0n) is 14.0.